The lowest BCUT2D eigenvalue weighted by molar-refractivity contribution is -0.125. The number of hydrogen-bond donors (Lipinski definition) is 2. The fourth-order valence-corrected chi connectivity index (χ4v) is 3.13. The van der Waals surface area contributed by atoms with Gasteiger partial charge in [-0.2, -0.15) is 0 Å². The number of amides is 3. The van der Waals surface area contributed by atoms with Crippen LogP contribution in [0.1, 0.15) is 26.2 Å². The lowest BCUT2D eigenvalue weighted by Gasteiger charge is -2.42. The summed E-state index contributed by atoms with van der Waals surface area (Å²) in [5.74, 6) is 0.510. The lowest BCUT2D eigenvalue weighted by atomic mass is 9.84. The van der Waals surface area contributed by atoms with E-state index in [0.29, 0.717) is 51.3 Å². The molecule has 0 atom stereocenters. The van der Waals surface area contributed by atoms with E-state index in [2.05, 4.69) is 10.6 Å². The molecule has 1 aliphatic heterocycles. The Hall–Kier alpha value is -2.28. The first kappa shape index (κ1) is 20.0. The molecule has 2 rings (SSSR count). The summed E-state index contributed by atoms with van der Waals surface area (Å²) in [4.78, 5) is 26.2. The van der Waals surface area contributed by atoms with Gasteiger partial charge in [0.2, 0.25) is 0 Å². The van der Waals surface area contributed by atoms with Gasteiger partial charge in [0.15, 0.2) is 6.61 Å². The molecular weight excluding hydrogens is 334 g/mol. The van der Waals surface area contributed by atoms with Crippen molar-refractivity contribution in [1.29, 1.82) is 0 Å². The van der Waals surface area contributed by atoms with Crippen molar-refractivity contribution in [3.05, 3.63) is 30.3 Å². The van der Waals surface area contributed by atoms with E-state index in [1.807, 2.05) is 37.3 Å². The fourth-order valence-electron chi connectivity index (χ4n) is 3.13. The van der Waals surface area contributed by atoms with Gasteiger partial charge in [-0.05, 0) is 38.3 Å². The van der Waals surface area contributed by atoms with Crippen LogP contribution in [0.3, 0.4) is 0 Å². The van der Waals surface area contributed by atoms with Gasteiger partial charge >= 0.3 is 6.03 Å². The number of carbonyl (C=O) groups is 2. The molecule has 1 saturated heterocycles. The summed E-state index contributed by atoms with van der Waals surface area (Å²) in [6, 6.07) is 9.22. The highest BCUT2D eigenvalue weighted by atomic mass is 16.5. The molecule has 1 heterocycles. The van der Waals surface area contributed by atoms with Crippen molar-refractivity contribution in [2.24, 2.45) is 0 Å². The van der Waals surface area contributed by atoms with Crippen LogP contribution in [0.15, 0.2) is 30.3 Å². The molecular formula is C19H29N3O4. The zero-order valence-corrected chi connectivity index (χ0v) is 15.6. The Labute approximate surface area is 155 Å². The van der Waals surface area contributed by atoms with Crippen molar-refractivity contribution in [2.75, 3.05) is 40.0 Å². The maximum atomic E-state index is 12.4. The standard InChI is InChI=1S/C19H29N3O4/c1-3-20-18(24)22-12-9-19(10-13-22,11-14-25-2)21-17(23)15-26-16-7-5-4-6-8-16/h4-8H,3,9-15H2,1-2H3,(H,20,24)(H,21,23). The van der Waals surface area contributed by atoms with Gasteiger partial charge in [-0.3, -0.25) is 4.79 Å². The largest absolute Gasteiger partial charge is 0.484 e. The first-order valence-electron chi connectivity index (χ1n) is 9.09. The summed E-state index contributed by atoms with van der Waals surface area (Å²) in [7, 11) is 1.65. The first-order chi connectivity index (χ1) is 12.6. The van der Waals surface area contributed by atoms with Gasteiger partial charge in [-0.15, -0.1) is 0 Å². The molecule has 26 heavy (non-hydrogen) atoms. The number of nitrogens with one attached hydrogen (secondary N) is 2. The number of urea groups is 1. The van der Waals surface area contributed by atoms with Crippen molar-refractivity contribution in [2.45, 2.75) is 31.7 Å². The predicted octanol–water partition coefficient (Wildman–Crippen LogP) is 1.78. The molecule has 7 heteroatoms. The Morgan fingerprint density at radius 2 is 1.88 bits per heavy atom. The zero-order valence-electron chi connectivity index (χ0n) is 15.6. The maximum absolute atomic E-state index is 12.4. The second kappa shape index (κ2) is 10.0. The number of carbonyl (C=O) groups excluding carboxylic acids is 2. The highest BCUT2D eigenvalue weighted by Crippen LogP contribution is 2.26. The fraction of sp³-hybridized carbons (Fsp3) is 0.579. The van der Waals surface area contributed by atoms with E-state index in [9.17, 15) is 9.59 Å². The van der Waals surface area contributed by atoms with E-state index in [4.69, 9.17) is 9.47 Å². The molecule has 1 aromatic carbocycles. The molecule has 1 fully saturated rings. The maximum Gasteiger partial charge on any atom is 0.317 e. The Bertz CT molecular complexity index is 571. The van der Waals surface area contributed by atoms with Gasteiger partial charge in [0.1, 0.15) is 5.75 Å². The van der Waals surface area contributed by atoms with Crippen LogP contribution in [0.25, 0.3) is 0 Å². The van der Waals surface area contributed by atoms with Crippen molar-refractivity contribution < 1.29 is 19.1 Å². The molecule has 144 valence electrons. The average molecular weight is 363 g/mol. The minimum absolute atomic E-state index is 0.0290. The lowest BCUT2D eigenvalue weighted by Crippen LogP contribution is -2.58. The van der Waals surface area contributed by atoms with Gasteiger partial charge in [-0.25, -0.2) is 4.79 Å². The van der Waals surface area contributed by atoms with E-state index in [1.54, 1.807) is 12.0 Å². The van der Waals surface area contributed by atoms with Crippen LogP contribution in [0.4, 0.5) is 4.79 Å². The first-order valence-corrected chi connectivity index (χ1v) is 9.09. The average Bonchev–Trinajstić information content (AvgIpc) is 2.66. The summed E-state index contributed by atoms with van der Waals surface area (Å²) in [5, 5.41) is 5.95. The van der Waals surface area contributed by atoms with E-state index in [1.165, 1.54) is 0 Å². The number of piperidine rings is 1. The third-order valence-electron chi connectivity index (χ3n) is 4.64. The number of rotatable bonds is 8. The van der Waals surface area contributed by atoms with Crippen LogP contribution in [0.2, 0.25) is 0 Å². The smallest absolute Gasteiger partial charge is 0.317 e. The Balaban J connectivity index is 1.90. The summed E-state index contributed by atoms with van der Waals surface area (Å²) in [6.45, 7) is 4.25. The number of likely N-dealkylation sites (tertiary alicyclic amines) is 1. The van der Waals surface area contributed by atoms with Crippen LogP contribution >= 0.6 is 0 Å². The van der Waals surface area contributed by atoms with Crippen molar-refractivity contribution in [3.63, 3.8) is 0 Å². The summed E-state index contributed by atoms with van der Waals surface area (Å²) >= 11 is 0. The number of benzene rings is 1. The molecule has 1 aliphatic rings. The molecule has 0 radical (unpaired) electrons. The van der Waals surface area contributed by atoms with Gasteiger partial charge < -0.3 is 25.0 Å². The SMILES string of the molecule is CCNC(=O)N1CCC(CCOC)(NC(=O)COc2ccccc2)CC1. The number of methoxy groups -OCH3 is 1. The highest BCUT2D eigenvalue weighted by molar-refractivity contribution is 5.78. The molecule has 0 bridgehead atoms. The Morgan fingerprint density at radius 1 is 1.19 bits per heavy atom. The summed E-state index contributed by atoms with van der Waals surface area (Å²) in [6.07, 6.45) is 2.11. The molecule has 3 amide bonds. The molecule has 0 saturated carbocycles. The van der Waals surface area contributed by atoms with Crippen molar-refractivity contribution in [1.82, 2.24) is 15.5 Å². The Morgan fingerprint density at radius 3 is 2.50 bits per heavy atom. The minimum Gasteiger partial charge on any atom is -0.484 e. The molecule has 2 N–H and O–H groups in total. The second-order valence-corrected chi connectivity index (χ2v) is 6.50. The third-order valence-corrected chi connectivity index (χ3v) is 4.64. The molecule has 1 aromatic rings. The van der Waals surface area contributed by atoms with Crippen molar-refractivity contribution >= 4 is 11.9 Å². The van der Waals surface area contributed by atoms with Crippen LogP contribution in [0, 0.1) is 0 Å². The van der Waals surface area contributed by atoms with Gasteiger partial charge in [0.05, 0.1) is 0 Å². The van der Waals surface area contributed by atoms with E-state index in [-0.39, 0.29) is 24.1 Å². The number of ether oxygens (including phenoxy) is 2. The Kier molecular flexibility index (Phi) is 7.72. The van der Waals surface area contributed by atoms with Crippen molar-refractivity contribution in [3.8, 4) is 5.75 Å². The number of nitrogens with zero attached hydrogens (tertiary/aromatic N) is 1. The molecule has 0 unspecified atom stereocenters. The monoisotopic (exact) mass is 363 g/mol. The quantitative estimate of drug-likeness (QED) is 0.738. The van der Waals surface area contributed by atoms with Crippen LogP contribution in [-0.2, 0) is 9.53 Å². The van der Waals surface area contributed by atoms with E-state index >= 15 is 0 Å². The van der Waals surface area contributed by atoms with Gasteiger partial charge in [-0.1, -0.05) is 18.2 Å². The topological polar surface area (TPSA) is 79.9 Å². The third kappa shape index (κ3) is 5.91. The molecule has 7 nitrogen and oxygen atoms in total. The molecule has 0 aliphatic carbocycles. The van der Waals surface area contributed by atoms with E-state index in [0.717, 1.165) is 0 Å². The summed E-state index contributed by atoms with van der Waals surface area (Å²) < 4.78 is 10.8. The minimum atomic E-state index is -0.365. The van der Waals surface area contributed by atoms with Gasteiger partial charge in [0, 0.05) is 38.9 Å². The van der Waals surface area contributed by atoms with Gasteiger partial charge in [0.25, 0.3) is 5.91 Å². The van der Waals surface area contributed by atoms with Crippen LogP contribution in [0.5, 0.6) is 5.75 Å². The second-order valence-electron chi connectivity index (χ2n) is 6.50. The number of para-hydroxylation sites is 1. The highest BCUT2D eigenvalue weighted by Gasteiger charge is 2.36. The molecule has 0 aromatic heterocycles. The zero-order chi connectivity index (χ0) is 18.8. The van der Waals surface area contributed by atoms with Crippen LogP contribution < -0.4 is 15.4 Å². The van der Waals surface area contributed by atoms with E-state index < -0.39 is 0 Å². The number of hydrogen-bond acceptors (Lipinski definition) is 4. The summed E-state index contributed by atoms with van der Waals surface area (Å²) in [5.41, 5.74) is -0.365. The van der Waals surface area contributed by atoms with Crippen LogP contribution in [-0.4, -0.2) is 62.3 Å². The molecule has 0 spiro atoms. The normalized spacial score (nSPS) is 16.0. The predicted molar refractivity (Wildman–Crippen MR) is 99.2 cm³/mol.